The second-order valence-electron chi connectivity index (χ2n) is 5.80. The molecule has 0 spiro atoms. The van der Waals surface area contributed by atoms with Crippen LogP contribution < -0.4 is 11.3 Å². The summed E-state index contributed by atoms with van der Waals surface area (Å²) in [5, 5.41) is 4.88. The zero-order chi connectivity index (χ0) is 14.0. The highest BCUT2D eigenvalue weighted by Crippen LogP contribution is 2.35. The molecule has 1 aromatic rings. The Balaban J connectivity index is 2.29. The third-order valence-electron chi connectivity index (χ3n) is 4.26. The van der Waals surface area contributed by atoms with E-state index in [1.807, 2.05) is 7.05 Å². The summed E-state index contributed by atoms with van der Waals surface area (Å²) in [7, 11) is 1.90. The minimum atomic E-state index is -0.105. The predicted octanol–water partition coefficient (Wildman–Crippen LogP) is 1.84. The van der Waals surface area contributed by atoms with E-state index < -0.39 is 0 Å². The molecule has 1 aromatic heterocycles. The average molecular weight is 286 g/mol. The third-order valence-corrected chi connectivity index (χ3v) is 4.55. The van der Waals surface area contributed by atoms with Crippen molar-refractivity contribution in [2.45, 2.75) is 44.7 Å². The van der Waals surface area contributed by atoms with E-state index in [9.17, 15) is 0 Å². The number of rotatable bonds is 4. The summed E-state index contributed by atoms with van der Waals surface area (Å²) in [5.41, 5.74) is 3.78. The molecule has 0 saturated carbocycles. The van der Waals surface area contributed by atoms with Crippen LogP contribution in [0.4, 0.5) is 0 Å². The Kier molecular flexibility index (Phi) is 4.50. The first-order valence-corrected chi connectivity index (χ1v) is 7.25. The molecule has 0 aromatic carbocycles. The number of hydrogen-bond acceptors (Lipinski definition) is 4. The van der Waals surface area contributed by atoms with Gasteiger partial charge in [0.2, 0.25) is 0 Å². The number of nitrogens with one attached hydrogen (secondary N) is 1. The molecule has 108 valence electrons. The minimum absolute atomic E-state index is 0.0504. The predicted molar refractivity (Wildman–Crippen MR) is 77.8 cm³/mol. The molecule has 5 nitrogen and oxygen atoms in total. The summed E-state index contributed by atoms with van der Waals surface area (Å²) in [4.78, 5) is 2.49. The molecule has 1 atom stereocenters. The fourth-order valence-electron chi connectivity index (χ4n) is 3.02. The molecule has 1 aliphatic heterocycles. The molecule has 0 aliphatic carbocycles. The molecule has 2 heterocycles. The Morgan fingerprint density at radius 1 is 1.37 bits per heavy atom. The number of nitrogens with zero attached hydrogens (tertiary/aromatic N) is 3. The van der Waals surface area contributed by atoms with Gasteiger partial charge in [0.05, 0.1) is 23.0 Å². The normalized spacial score (nSPS) is 19.6. The highest BCUT2D eigenvalue weighted by Gasteiger charge is 2.38. The van der Waals surface area contributed by atoms with Crippen LogP contribution in [0, 0.1) is 0 Å². The molecule has 19 heavy (non-hydrogen) atoms. The standard InChI is InChI=1S/C13H24ClN5/c1-13(2,19-7-5-4-6-8-19)12(17-15)11-10(14)9-16-18(11)3/h9,12,17H,4-8,15H2,1-3H3. The number of likely N-dealkylation sites (tertiary alicyclic amines) is 1. The van der Waals surface area contributed by atoms with Gasteiger partial charge in [0.25, 0.3) is 0 Å². The van der Waals surface area contributed by atoms with Crippen LogP contribution in [0.3, 0.4) is 0 Å². The molecule has 2 rings (SSSR count). The number of aryl methyl sites for hydroxylation is 1. The molecule has 1 unspecified atom stereocenters. The Bertz CT molecular complexity index is 403. The maximum absolute atomic E-state index is 6.27. The van der Waals surface area contributed by atoms with E-state index in [0.29, 0.717) is 5.02 Å². The molecule has 0 radical (unpaired) electrons. The van der Waals surface area contributed by atoms with Gasteiger partial charge in [0, 0.05) is 12.6 Å². The maximum Gasteiger partial charge on any atom is 0.0835 e. The summed E-state index contributed by atoms with van der Waals surface area (Å²) < 4.78 is 1.80. The van der Waals surface area contributed by atoms with Crippen LogP contribution in [0.5, 0.6) is 0 Å². The lowest BCUT2D eigenvalue weighted by Crippen LogP contribution is -2.56. The second-order valence-corrected chi connectivity index (χ2v) is 6.21. The third kappa shape index (κ3) is 2.79. The van der Waals surface area contributed by atoms with Crippen LogP contribution in [0.25, 0.3) is 0 Å². The van der Waals surface area contributed by atoms with Crippen molar-refractivity contribution in [1.82, 2.24) is 20.1 Å². The lowest BCUT2D eigenvalue weighted by atomic mass is 9.88. The number of nitrogens with two attached hydrogens (primary N) is 1. The van der Waals surface area contributed by atoms with E-state index in [4.69, 9.17) is 17.4 Å². The molecule has 6 heteroatoms. The first-order chi connectivity index (χ1) is 8.98. The van der Waals surface area contributed by atoms with Crippen LogP contribution in [-0.4, -0.2) is 33.3 Å². The molecular weight excluding hydrogens is 262 g/mol. The van der Waals surface area contributed by atoms with Gasteiger partial charge < -0.3 is 0 Å². The fraction of sp³-hybridized carbons (Fsp3) is 0.769. The van der Waals surface area contributed by atoms with Crippen LogP contribution >= 0.6 is 11.6 Å². The van der Waals surface area contributed by atoms with Crippen LogP contribution in [0.1, 0.15) is 44.8 Å². The van der Waals surface area contributed by atoms with E-state index in [-0.39, 0.29) is 11.6 Å². The van der Waals surface area contributed by atoms with Crippen molar-refractivity contribution in [1.29, 1.82) is 0 Å². The van der Waals surface area contributed by atoms with Gasteiger partial charge in [-0.2, -0.15) is 5.10 Å². The van der Waals surface area contributed by atoms with Gasteiger partial charge in [0.1, 0.15) is 0 Å². The van der Waals surface area contributed by atoms with Crippen molar-refractivity contribution >= 4 is 11.6 Å². The molecule has 1 fully saturated rings. The van der Waals surface area contributed by atoms with Crippen LogP contribution in [0.15, 0.2) is 6.20 Å². The number of piperidine rings is 1. The minimum Gasteiger partial charge on any atom is -0.296 e. The van der Waals surface area contributed by atoms with Gasteiger partial charge in [-0.1, -0.05) is 18.0 Å². The van der Waals surface area contributed by atoms with Crippen molar-refractivity contribution in [3.05, 3.63) is 16.9 Å². The van der Waals surface area contributed by atoms with Crippen LogP contribution in [-0.2, 0) is 7.05 Å². The Morgan fingerprint density at radius 2 is 2.00 bits per heavy atom. The lowest BCUT2D eigenvalue weighted by molar-refractivity contribution is 0.0582. The van der Waals surface area contributed by atoms with Crippen molar-refractivity contribution in [3.63, 3.8) is 0 Å². The van der Waals surface area contributed by atoms with Crippen molar-refractivity contribution in [3.8, 4) is 0 Å². The average Bonchev–Trinajstić information content (AvgIpc) is 2.72. The van der Waals surface area contributed by atoms with Gasteiger partial charge >= 0.3 is 0 Å². The Hall–Kier alpha value is -0.620. The zero-order valence-electron chi connectivity index (χ0n) is 12.0. The van der Waals surface area contributed by atoms with Gasteiger partial charge in [-0.15, -0.1) is 0 Å². The maximum atomic E-state index is 6.27. The molecule has 3 N–H and O–H groups in total. The monoisotopic (exact) mass is 285 g/mol. The highest BCUT2D eigenvalue weighted by molar-refractivity contribution is 6.31. The summed E-state index contributed by atoms with van der Waals surface area (Å²) in [6, 6.07) is -0.0504. The highest BCUT2D eigenvalue weighted by atomic mass is 35.5. The number of hydrogen-bond donors (Lipinski definition) is 2. The van der Waals surface area contributed by atoms with Gasteiger partial charge in [-0.05, 0) is 39.8 Å². The van der Waals surface area contributed by atoms with Crippen molar-refractivity contribution in [2.24, 2.45) is 12.9 Å². The van der Waals surface area contributed by atoms with Crippen molar-refractivity contribution < 1.29 is 0 Å². The molecular formula is C13H24ClN5. The van der Waals surface area contributed by atoms with E-state index in [2.05, 4.69) is 29.3 Å². The Labute approximate surface area is 120 Å². The van der Waals surface area contributed by atoms with E-state index >= 15 is 0 Å². The zero-order valence-corrected chi connectivity index (χ0v) is 12.7. The topological polar surface area (TPSA) is 59.1 Å². The summed E-state index contributed by atoms with van der Waals surface area (Å²) in [6.07, 6.45) is 5.49. The van der Waals surface area contributed by atoms with Gasteiger partial charge in [-0.3, -0.25) is 15.4 Å². The first-order valence-electron chi connectivity index (χ1n) is 6.87. The summed E-state index contributed by atoms with van der Waals surface area (Å²) >= 11 is 6.27. The number of halogens is 1. The van der Waals surface area contributed by atoms with E-state index in [1.54, 1.807) is 10.9 Å². The summed E-state index contributed by atoms with van der Waals surface area (Å²) in [6.45, 7) is 6.65. The van der Waals surface area contributed by atoms with Gasteiger partial charge in [0.15, 0.2) is 0 Å². The van der Waals surface area contributed by atoms with Gasteiger partial charge in [-0.25, -0.2) is 5.43 Å². The molecule has 0 amide bonds. The molecule has 0 bridgehead atoms. The quantitative estimate of drug-likeness (QED) is 0.655. The fourth-order valence-corrected chi connectivity index (χ4v) is 3.29. The molecule has 1 aliphatic rings. The van der Waals surface area contributed by atoms with E-state index in [0.717, 1.165) is 18.8 Å². The summed E-state index contributed by atoms with van der Waals surface area (Å²) in [5.74, 6) is 5.82. The largest absolute Gasteiger partial charge is 0.296 e. The molecule has 1 saturated heterocycles. The second kappa shape index (κ2) is 5.79. The SMILES string of the molecule is Cn1ncc(Cl)c1C(NN)C(C)(C)N1CCCCC1. The van der Waals surface area contributed by atoms with E-state index in [1.165, 1.54) is 19.3 Å². The number of hydrazine groups is 1. The Morgan fingerprint density at radius 3 is 2.47 bits per heavy atom. The van der Waals surface area contributed by atoms with Crippen molar-refractivity contribution in [2.75, 3.05) is 13.1 Å². The smallest absolute Gasteiger partial charge is 0.0835 e. The number of aromatic nitrogens is 2. The lowest BCUT2D eigenvalue weighted by Gasteiger charge is -2.45. The van der Waals surface area contributed by atoms with Crippen LogP contribution in [0.2, 0.25) is 5.02 Å². The first kappa shape index (κ1) is 14.8.